The van der Waals surface area contributed by atoms with E-state index in [1.807, 2.05) is 19.9 Å². The molecule has 0 spiro atoms. The third-order valence-electron chi connectivity index (χ3n) is 5.76. The molecule has 8 heteroatoms. The number of carbonyl (C=O) groups excluding carboxylic acids is 1. The van der Waals surface area contributed by atoms with E-state index in [1.165, 1.54) is 24.3 Å². The molecule has 2 heterocycles. The van der Waals surface area contributed by atoms with Gasteiger partial charge in [-0.15, -0.1) is 0 Å². The molecule has 0 aliphatic carbocycles. The van der Waals surface area contributed by atoms with Gasteiger partial charge in [0, 0.05) is 49.7 Å². The quantitative estimate of drug-likeness (QED) is 0.388. The summed E-state index contributed by atoms with van der Waals surface area (Å²) in [6.45, 7) is 8.98. The number of hydrogen-bond donors (Lipinski definition) is 1. The molecule has 0 saturated carbocycles. The van der Waals surface area contributed by atoms with Gasteiger partial charge in [-0.1, -0.05) is 32.0 Å². The first-order chi connectivity index (χ1) is 18.0. The molecule has 198 valence electrons. The zero-order valence-electron chi connectivity index (χ0n) is 21.5. The Kier molecular flexibility index (Phi) is 11.5. The zero-order valence-corrected chi connectivity index (χ0v) is 21.5. The smallest absolute Gasteiger partial charge is 0.226 e. The van der Waals surface area contributed by atoms with Crippen molar-refractivity contribution in [3.05, 3.63) is 83.7 Å². The maximum absolute atomic E-state index is 14.1. The predicted octanol–water partition coefficient (Wildman–Crippen LogP) is 5.01. The number of ether oxygens (including phenoxy) is 2. The zero-order chi connectivity index (χ0) is 26.5. The summed E-state index contributed by atoms with van der Waals surface area (Å²) in [5, 5.41) is 2.80. The van der Waals surface area contributed by atoms with E-state index in [-0.39, 0.29) is 24.7 Å². The molecule has 6 nitrogen and oxygen atoms in total. The average Bonchev–Trinajstić information content (AvgIpc) is 2.92. The van der Waals surface area contributed by atoms with Gasteiger partial charge in [0.15, 0.2) is 0 Å². The monoisotopic (exact) mass is 511 g/mol. The van der Waals surface area contributed by atoms with Crippen LogP contribution in [0.15, 0.2) is 60.8 Å². The van der Waals surface area contributed by atoms with E-state index in [0.717, 1.165) is 50.4 Å². The van der Waals surface area contributed by atoms with E-state index in [1.54, 1.807) is 30.5 Å². The van der Waals surface area contributed by atoms with E-state index in [0.29, 0.717) is 23.6 Å². The largest absolute Gasteiger partial charge is 0.493 e. The lowest BCUT2D eigenvalue weighted by atomic mass is 10.1. The van der Waals surface area contributed by atoms with Crippen molar-refractivity contribution in [1.29, 1.82) is 0 Å². The van der Waals surface area contributed by atoms with Crippen LogP contribution >= 0.6 is 0 Å². The summed E-state index contributed by atoms with van der Waals surface area (Å²) in [7, 11) is 0. The standard InChI is InChI=1S/C27H29F2N3O3.C2H6/c28-23-5-2-21(3-6-23)22-4-7-25(30-19-22)17-27(33)31-18-20-14-24(29)16-26(15-20)35-11-1-8-32-9-12-34-13-10-32;1-2/h2-7,14-16,19H,1,8-13,17-18H2,(H,31,33);1-2H3. The van der Waals surface area contributed by atoms with Crippen LogP contribution in [-0.4, -0.2) is 55.2 Å². The minimum absolute atomic E-state index is 0.101. The van der Waals surface area contributed by atoms with Crippen LogP contribution in [-0.2, 0) is 22.5 Å². The highest BCUT2D eigenvalue weighted by Gasteiger charge is 2.10. The summed E-state index contributed by atoms with van der Waals surface area (Å²) in [6.07, 6.45) is 2.60. The fraction of sp³-hybridized carbons (Fsp3) is 0.379. The molecule has 0 radical (unpaired) electrons. The first kappa shape index (κ1) is 28.2. The van der Waals surface area contributed by atoms with Crippen LogP contribution in [0.1, 0.15) is 31.5 Å². The maximum Gasteiger partial charge on any atom is 0.226 e. The van der Waals surface area contributed by atoms with Gasteiger partial charge in [-0.25, -0.2) is 8.78 Å². The van der Waals surface area contributed by atoms with Gasteiger partial charge in [0.1, 0.15) is 17.4 Å². The number of aromatic nitrogens is 1. The Hall–Kier alpha value is -3.36. The van der Waals surface area contributed by atoms with Gasteiger partial charge in [-0.3, -0.25) is 14.7 Å². The molecule has 0 atom stereocenters. The fourth-order valence-corrected chi connectivity index (χ4v) is 3.88. The normalized spacial score (nSPS) is 13.4. The van der Waals surface area contributed by atoms with Crippen molar-refractivity contribution in [2.45, 2.75) is 33.2 Å². The Labute approximate surface area is 217 Å². The molecule has 1 aromatic heterocycles. The van der Waals surface area contributed by atoms with Gasteiger partial charge in [0.25, 0.3) is 0 Å². The second kappa shape index (κ2) is 15.0. The maximum atomic E-state index is 14.1. The first-order valence-electron chi connectivity index (χ1n) is 12.7. The van der Waals surface area contributed by atoms with Gasteiger partial charge in [0.05, 0.1) is 26.2 Å². The molecule has 37 heavy (non-hydrogen) atoms. The van der Waals surface area contributed by atoms with Crippen molar-refractivity contribution in [2.24, 2.45) is 0 Å². The van der Waals surface area contributed by atoms with Crippen molar-refractivity contribution in [3.8, 4) is 16.9 Å². The fourth-order valence-electron chi connectivity index (χ4n) is 3.88. The van der Waals surface area contributed by atoms with Crippen molar-refractivity contribution in [1.82, 2.24) is 15.2 Å². The molecule has 0 bridgehead atoms. The number of pyridine rings is 1. The molecule has 1 saturated heterocycles. The number of hydrogen-bond acceptors (Lipinski definition) is 5. The molecule has 1 aliphatic rings. The highest BCUT2D eigenvalue weighted by molar-refractivity contribution is 5.78. The van der Waals surface area contributed by atoms with Crippen LogP contribution in [0, 0.1) is 11.6 Å². The Balaban J connectivity index is 0.00000186. The first-order valence-corrected chi connectivity index (χ1v) is 12.7. The second-order valence-electron chi connectivity index (χ2n) is 8.45. The topological polar surface area (TPSA) is 63.7 Å². The lowest BCUT2D eigenvalue weighted by Crippen LogP contribution is -2.37. The third-order valence-corrected chi connectivity index (χ3v) is 5.76. The summed E-state index contributed by atoms with van der Waals surface area (Å²) in [5.41, 5.74) is 2.92. The lowest BCUT2D eigenvalue weighted by molar-refractivity contribution is -0.120. The van der Waals surface area contributed by atoms with Crippen LogP contribution in [0.2, 0.25) is 0 Å². The van der Waals surface area contributed by atoms with Crippen molar-refractivity contribution in [3.63, 3.8) is 0 Å². The number of carbonyl (C=O) groups is 1. The Morgan fingerprint density at radius 2 is 1.73 bits per heavy atom. The molecule has 1 amide bonds. The van der Waals surface area contributed by atoms with Crippen LogP contribution in [0.5, 0.6) is 5.75 Å². The summed E-state index contributed by atoms with van der Waals surface area (Å²) >= 11 is 0. The third kappa shape index (κ3) is 9.55. The van der Waals surface area contributed by atoms with E-state index in [2.05, 4.69) is 15.2 Å². The number of benzene rings is 2. The highest BCUT2D eigenvalue weighted by Crippen LogP contribution is 2.19. The van der Waals surface area contributed by atoms with Crippen molar-refractivity contribution >= 4 is 5.91 Å². The predicted molar refractivity (Wildman–Crippen MR) is 140 cm³/mol. The number of amides is 1. The molecule has 1 N–H and O–H groups in total. The number of nitrogens with zero attached hydrogens (tertiary/aromatic N) is 2. The van der Waals surface area contributed by atoms with E-state index >= 15 is 0 Å². The molecule has 2 aromatic carbocycles. The van der Waals surface area contributed by atoms with Crippen LogP contribution < -0.4 is 10.1 Å². The van der Waals surface area contributed by atoms with Crippen molar-refractivity contribution in [2.75, 3.05) is 39.5 Å². The molecule has 0 unspecified atom stereocenters. The summed E-state index contributed by atoms with van der Waals surface area (Å²) in [4.78, 5) is 19.0. The molecular weight excluding hydrogens is 476 g/mol. The number of morpholine rings is 1. The molecule has 1 fully saturated rings. The SMILES string of the molecule is CC.O=C(Cc1ccc(-c2ccc(F)cc2)cn1)NCc1cc(F)cc(OCCCN2CCOCC2)c1. The van der Waals surface area contributed by atoms with E-state index < -0.39 is 5.82 Å². The minimum Gasteiger partial charge on any atom is -0.493 e. The Morgan fingerprint density at radius 1 is 1.00 bits per heavy atom. The minimum atomic E-state index is -0.405. The lowest BCUT2D eigenvalue weighted by Gasteiger charge is -2.26. The van der Waals surface area contributed by atoms with Gasteiger partial charge < -0.3 is 14.8 Å². The van der Waals surface area contributed by atoms with Crippen LogP contribution in [0.25, 0.3) is 11.1 Å². The Bertz CT molecular complexity index is 1100. The molecular formula is C29H35F2N3O3. The summed E-state index contributed by atoms with van der Waals surface area (Å²) in [6, 6.07) is 14.2. The van der Waals surface area contributed by atoms with Crippen LogP contribution in [0.4, 0.5) is 8.78 Å². The molecule has 3 aromatic rings. The highest BCUT2D eigenvalue weighted by atomic mass is 19.1. The summed E-state index contributed by atoms with van der Waals surface area (Å²) in [5.74, 6) is -0.465. The van der Waals surface area contributed by atoms with Gasteiger partial charge in [-0.2, -0.15) is 0 Å². The van der Waals surface area contributed by atoms with Crippen LogP contribution in [0.3, 0.4) is 0 Å². The van der Waals surface area contributed by atoms with Crippen molar-refractivity contribution < 1.29 is 23.0 Å². The number of rotatable bonds is 10. The second-order valence-corrected chi connectivity index (χ2v) is 8.45. The van der Waals surface area contributed by atoms with Gasteiger partial charge in [0.2, 0.25) is 5.91 Å². The van der Waals surface area contributed by atoms with E-state index in [9.17, 15) is 13.6 Å². The van der Waals surface area contributed by atoms with Gasteiger partial charge >= 0.3 is 0 Å². The van der Waals surface area contributed by atoms with Gasteiger partial charge in [-0.05, 0) is 47.9 Å². The average molecular weight is 512 g/mol. The molecule has 1 aliphatic heterocycles. The molecule has 4 rings (SSSR count). The summed E-state index contributed by atoms with van der Waals surface area (Å²) < 4.78 is 38.2. The Morgan fingerprint density at radius 3 is 2.43 bits per heavy atom. The number of halogens is 2. The van der Waals surface area contributed by atoms with E-state index in [4.69, 9.17) is 9.47 Å². The number of nitrogens with one attached hydrogen (secondary N) is 1.